The van der Waals surface area contributed by atoms with Crippen molar-refractivity contribution in [1.29, 1.82) is 0 Å². The van der Waals surface area contributed by atoms with Gasteiger partial charge in [-0.25, -0.2) is 4.90 Å². The molecule has 0 saturated carbocycles. The van der Waals surface area contributed by atoms with Gasteiger partial charge in [0.2, 0.25) is 0 Å². The van der Waals surface area contributed by atoms with Crippen molar-refractivity contribution >= 4 is 28.8 Å². The number of hydrogen-bond acceptors (Lipinski definition) is 4. The predicted molar refractivity (Wildman–Crippen MR) is 128 cm³/mol. The minimum Gasteiger partial charge on any atom is -0.494 e. The largest absolute Gasteiger partial charge is 0.494 e. The van der Waals surface area contributed by atoms with Crippen molar-refractivity contribution in [3.63, 3.8) is 0 Å². The molecule has 1 N–H and O–H groups in total. The Morgan fingerprint density at radius 1 is 0.875 bits per heavy atom. The van der Waals surface area contributed by atoms with Crippen LogP contribution in [0.15, 0.2) is 78.5 Å². The third-order valence-electron chi connectivity index (χ3n) is 5.35. The molecule has 0 aromatic heterocycles. The number of amides is 2. The number of aryl methyl sites for hydroxylation is 2. The van der Waals surface area contributed by atoms with Gasteiger partial charge in [0, 0.05) is 5.69 Å². The Morgan fingerprint density at radius 3 is 2.28 bits per heavy atom. The molecule has 0 unspecified atom stereocenters. The molecule has 0 bridgehead atoms. The maximum Gasteiger partial charge on any atom is 0.282 e. The van der Waals surface area contributed by atoms with Gasteiger partial charge in [-0.3, -0.25) is 9.59 Å². The quantitative estimate of drug-likeness (QED) is 0.508. The summed E-state index contributed by atoms with van der Waals surface area (Å²) >= 11 is 0. The van der Waals surface area contributed by atoms with E-state index in [2.05, 4.69) is 5.32 Å². The van der Waals surface area contributed by atoms with Gasteiger partial charge < -0.3 is 10.1 Å². The topological polar surface area (TPSA) is 58.6 Å². The second-order valence-corrected chi connectivity index (χ2v) is 7.85. The number of nitrogens with one attached hydrogen (secondary N) is 1. The van der Waals surface area contributed by atoms with Gasteiger partial charge in [0.05, 0.1) is 17.9 Å². The number of hydrogen-bond donors (Lipinski definition) is 1. The molecule has 162 valence electrons. The first-order valence-electron chi connectivity index (χ1n) is 10.7. The Labute approximate surface area is 188 Å². The van der Waals surface area contributed by atoms with Crippen molar-refractivity contribution in [2.24, 2.45) is 0 Å². The first-order chi connectivity index (χ1) is 15.5. The second kappa shape index (κ2) is 9.10. The van der Waals surface area contributed by atoms with Gasteiger partial charge in [0.25, 0.3) is 11.8 Å². The zero-order valence-electron chi connectivity index (χ0n) is 18.5. The van der Waals surface area contributed by atoms with Gasteiger partial charge in [-0.15, -0.1) is 0 Å². The first-order valence-corrected chi connectivity index (χ1v) is 10.7. The number of nitrogens with zero attached hydrogens (tertiary/aromatic N) is 1. The highest BCUT2D eigenvalue weighted by Gasteiger charge is 2.40. The van der Waals surface area contributed by atoms with E-state index >= 15 is 0 Å². The number of benzene rings is 3. The number of para-hydroxylation sites is 1. The summed E-state index contributed by atoms with van der Waals surface area (Å²) in [7, 11) is 0. The van der Waals surface area contributed by atoms with E-state index in [1.54, 1.807) is 0 Å². The highest BCUT2D eigenvalue weighted by atomic mass is 16.5. The normalized spacial score (nSPS) is 13.7. The molecule has 0 atom stereocenters. The molecule has 32 heavy (non-hydrogen) atoms. The summed E-state index contributed by atoms with van der Waals surface area (Å²) in [5.74, 6) is 0.0233. The smallest absolute Gasteiger partial charge is 0.282 e. The molecule has 0 spiro atoms. The van der Waals surface area contributed by atoms with Crippen LogP contribution in [0.4, 0.5) is 11.4 Å². The molecular weight excluding hydrogens is 400 g/mol. The van der Waals surface area contributed by atoms with Gasteiger partial charge in [-0.05, 0) is 67.3 Å². The lowest BCUT2D eigenvalue weighted by Crippen LogP contribution is -2.33. The highest BCUT2D eigenvalue weighted by molar-refractivity contribution is 6.46. The fraction of sp³-hybridized carbons (Fsp3) is 0.185. The van der Waals surface area contributed by atoms with Crippen LogP contribution in [-0.2, 0) is 9.59 Å². The minimum atomic E-state index is -0.367. The number of carbonyl (C=O) groups excluding carboxylic acids is 2. The summed E-state index contributed by atoms with van der Waals surface area (Å²) in [6.45, 7) is 6.52. The number of ether oxygens (including phenoxy) is 1. The van der Waals surface area contributed by atoms with Crippen LogP contribution < -0.4 is 15.0 Å². The number of imide groups is 1. The zero-order chi connectivity index (χ0) is 22.7. The fourth-order valence-electron chi connectivity index (χ4n) is 3.70. The van der Waals surface area contributed by atoms with Crippen molar-refractivity contribution in [3.05, 3.63) is 95.2 Å². The van der Waals surface area contributed by atoms with E-state index in [1.165, 1.54) is 4.90 Å². The Kier molecular flexibility index (Phi) is 6.08. The lowest BCUT2D eigenvalue weighted by Gasteiger charge is -2.18. The lowest BCUT2D eigenvalue weighted by atomic mass is 10.0. The summed E-state index contributed by atoms with van der Waals surface area (Å²) < 4.78 is 5.67. The molecule has 2 amide bonds. The zero-order valence-corrected chi connectivity index (χ0v) is 18.5. The molecule has 1 heterocycles. The van der Waals surface area contributed by atoms with Crippen molar-refractivity contribution in [3.8, 4) is 5.75 Å². The van der Waals surface area contributed by atoms with Crippen molar-refractivity contribution < 1.29 is 14.3 Å². The summed E-state index contributed by atoms with van der Waals surface area (Å²) in [5.41, 5.74) is 4.47. The Balaban J connectivity index is 1.78. The average molecular weight is 427 g/mol. The molecule has 0 aliphatic carbocycles. The molecule has 5 nitrogen and oxygen atoms in total. The molecule has 4 rings (SSSR count). The summed E-state index contributed by atoms with van der Waals surface area (Å²) in [4.78, 5) is 28.4. The summed E-state index contributed by atoms with van der Waals surface area (Å²) in [5, 5.41) is 3.19. The van der Waals surface area contributed by atoms with Gasteiger partial charge in [-0.2, -0.15) is 0 Å². The van der Waals surface area contributed by atoms with E-state index in [4.69, 9.17) is 4.74 Å². The Morgan fingerprint density at radius 2 is 1.59 bits per heavy atom. The van der Waals surface area contributed by atoms with Gasteiger partial charge in [0.1, 0.15) is 11.4 Å². The predicted octanol–water partition coefficient (Wildman–Crippen LogP) is 5.49. The number of rotatable bonds is 7. The van der Waals surface area contributed by atoms with E-state index in [-0.39, 0.29) is 17.5 Å². The molecule has 0 fully saturated rings. The minimum absolute atomic E-state index is 0.268. The van der Waals surface area contributed by atoms with Crippen LogP contribution >= 0.6 is 0 Å². The third-order valence-corrected chi connectivity index (χ3v) is 5.35. The average Bonchev–Trinajstić information content (AvgIpc) is 3.04. The van der Waals surface area contributed by atoms with Crippen LogP contribution in [0.5, 0.6) is 5.75 Å². The molecule has 1 aliphatic rings. The van der Waals surface area contributed by atoms with E-state index in [0.717, 1.165) is 29.0 Å². The van der Waals surface area contributed by atoms with Gasteiger partial charge in [-0.1, -0.05) is 49.4 Å². The van der Waals surface area contributed by atoms with E-state index < -0.39 is 0 Å². The molecule has 1 aliphatic heterocycles. The van der Waals surface area contributed by atoms with Crippen LogP contribution in [0.2, 0.25) is 0 Å². The Bertz CT molecular complexity index is 1180. The summed E-state index contributed by atoms with van der Waals surface area (Å²) in [6.07, 6.45) is 0.913. The molecule has 0 radical (unpaired) electrons. The Hall–Kier alpha value is -3.86. The van der Waals surface area contributed by atoms with E-state index in [9.17, 15) is 9.59 Å². The van der Waals surface area contributed by atoms with Gasteiger partial charge in [0.15, 0.2) is 0 Å². The standard InChI is InChI=1S/C27H26N2O3/c1-4-16-32-22-14-12-20(13-15-22)24-25(28-21-8-6-5-7-9-21)27(31)29(26(24)30)23-17-18(2)10-11-19(23)3/h5-15,17,28H,4,16H2,1-3H3. The first kappa shape index (κ1) is 21.4. The number of carbonyl (C=O) groups is 2. The van der Waals surface area contributed by atoms with Crippen molar-refractivity contribution in [2.45, 2.75) is 27.2 Å². The molecule has 5 heteroatoms. The number of anilines is 2. The second-order valence-electron chi connectivity index (χ2n) is 7.85. The van der Waals surface area contributed by atoms with Crippen LogP contribution in [0, 0.1) is 13.8 Å². The monoisotopic (exact) mass is 426 g/mol. The van der Waals surface area contributed by atoms with Crippen LogP contribution in [0.1, 0.15) is 30.0 Å². The third kappa shape index (κ3) is 4.14. The lowest BCUT2D eigenvalue weighted by molar-refractivity contribution is -0.120. The van der Waals surface area contributed by atoms with Crippen LogP contribution in [0.25, 0.3) is 5.57 Å². The molecular formula is C27H26N2O3. The van der Waals surface area contributed by atoms with Crippen LogP contribution in [0.3, 0.4) is 0 Å². The van der Waals surface area contributed by atoms with Crippen LogP contribution in [-0.4, -0.2) is 18.4 Å². The molecule has 3 aromatic rings. The maximum atomic E-state index is 13.6. The fourth-order valence-corrected chi connectivity index (χ4v) is 3.70. The van der Waals surface area contributed by atoms with Crippen molar-refractivity contribution in [1.82, 2.24) is 0 Å². The maximum absolute atomic E-state index is 13.6. The van der Waals surface area contributed by atoms with E-state index in [0.29, 0.717) is 23.4 Å². The SMILES string of the molecule is CCCOc1ccc(C2=C(Nc3ccccc3)C(=O)N(c3cc(C)ccc3C)C2=O)cc1. The van der Waals surface area contributed by atoms with Crippen molar-refractivity contribution in [2.75, 3.05) is 16.8 Å². The highest BCUT2D eigenvalue weighted by Crippen LogP contribution is 2.36. The van der Waals surface area contributed by atoms with Gasteiger partial charge >= 0.3 is 0 Å². The molecule has 0 saturated heterocycles. The van der Waals surface area contributed by atoms with E-state index in [1.807, 2.05) is 93.6 Å². The molecule has 3 aromatic carbocycles. The summed E-state index contributed by atoms with van der Waals surface area (Å²) in [6, 6.07) is 22.5.